The summed E-state index contributed by atoms with van der Waals surface area (Å²) in [6, 6.07) is 8.17. The van der Waals surface area contributed by atoms with Crippen LogP contribution >= 0.6 is 0 Å². The molecular weight excluding hydrogens is 404 g/mol. The van der Waals surface area contributed by atoms with E-state index in [1.165, 1.54) is 0 Å². The number of hydrogen-bond acceptors (Lipinski definition) is 7. The molecule has 0 saturated carbocycles. The molecule has 1 aliphatic heterocycles. The Kier molecular flexibility index (Phi) is 5.99. The maximum Gasteiger partial charge on any atom is 0.161 e. The molecule has 3 heterocycles. The molecule has 0 amide bonds. The summed E-state index contributed by atoms with van der Waals surface area (Å²) in [7, 11) is 7.25. The number of aromatic nitrogens is 3. The van der Waals surface area contributed by atoms with Crippen LogP contribution in [-0.4, -0.2) is 72.5 Å². The largest absolute Gasteiger partial charge is 0.497 e. The molecular formula is C24H34N6O2. The number of likely N-dealkylation sites (N-methyl/N-ethyl adjacent to an activating group) is 1. The third-order valence-corrected chi connectivity index (χ3v) is 6.85. The van der Waals surface area contributed by atoms with Gasteiger partial charge in [-0.05, 0) is 50.6 Å². The summed E-state index contributed by atoms with van der Waals surface area (Å²) in [5.41, 5.74) is 4.03. The van der Waals surface area contributed by atoms with E-state index in [9.17, 15) is 0 Å². The Balaban J connectivity index is 1.65. The molecule has 1 saturated heterocycles. The molecule has 0 unspecified atom stereocenters. The smallest absolute Gasteiger partial charge is 0.161 e. The van der Waals surface area contributed by atoms with Crippen LogP contribution in [0.3, 0.4) is 0 Å². The molecule has 4 rings (SSSR count). The summed E-state index contributed by atoms with van der Waals surface area (Å²) >= 11 is 0. The minimum Gasteiger partial charge on any atom is -0.497 e. The number of piperidine rings is 1. The summed E-state index contributed by atoms with van der Waals surface area (Å²) in [4.78, 5) is 9.15. The predicted molar refractivity (Wildman–Crippen MR) is 127 cm³/mol. The van der Waals surface area contributed by atoms with Gasteiger partial charge in [-0.3, -0.25) is 4.90 Å². The molecule has 1 aliphatic rings. The van der Waals surface area contributed by atoms with Gasteiger partial charge in [0.25, 0.3) is 0 Å². The quantitative estimate of drug-likeness (QED) is 0.607. The molecule has 1 N–H and O–H groups in total. The number of rotatable bonds is 7. The van der Waals surface area contributed by atoms with E-state index >= 15 is 0 Å². The van der Waals surface area contributed by atoms with E-state index < -0.39 is 0 Å². The van der Waals surface area contributed by atoms with Crippen molar-refractivity contribution in [2.24, 2.45) is 0 Å². The van der Waals surface area contributed by atoms with E-state index in [-0.39, 0.29) is 11.6 Å². The summed E-state index contributed by atoms with van der Waals surface area (Å²) in [5, 5.41) is 5.99. The van der Waals surface area contributed by atoms with Crippen LogP contribution in [0.4, 0.5) is 11.5 Å². The predicted octanol–water partition coefficient (Wildman–Crippen LogP) is 3.01. The Morgan fingerprint density at radius 3 is 2.88 bits per heavy atom. The zero-order chi connectivity index (χ0) is 23.8. The third-order valence-electron chi connectivity index (χ3n) is 6.85. The normalized spacial score (nSPS) is 22.3. The summed E-state index contributed by atoms with van der Waals surface area (Å²) in [6.45, 7) is 6.62. The zero-order valence-electron chi connectivity index (χ0n) is 20.9. The van der Waals surface area contributed by atoms with Crippen molar-refractivity contribution < 1.29 is 10.9 Å². The van der Waals surface area contributed by atoms with Crippen LogP contribution in [0.25, 0.3) is 5.52 Å². The van der Waals surface area contributed by atoms with E-state index in [4.69, 9.17) is 10.9 Å². The topological polar surface area (TPSA) is 67.2 Å². The third kappa shape index (κ3) is 4.05. The Hall–Kier alpha value is -2.68. The van der Waals surface area contributed by atoms with E-state index in [1.54, 1.807) is 25.9 Å². The highest BCUT2D eigenvalue weighted by molar-refractivity contribution is 5.79. The number of ether oxygens (including phenoxy) is 2. The van der Waals surface area contributed by atoms with E-state index in [1.807, 2.05) is 36.9 Å². The molecule has 2 atom stereocenters. The zero-order valence-corrected chi connectivity index (χ0v) is 19.9. The first-order valence-corrected chi connectivity index (χ1v) is 11.0. The lowest BCUT2D eigenvalue weighted by molar-refractivity contribution is -0.0341. The van der Waals surface area contributed by atoms with Crippen molar-refractivity contribution in [3.05, 3.63) is 47.9 Å². The monoisotopic (exact) mass is 439 g/mol. The maximum absolute atomic E-state index is 8.18. The SMILES string of the molecule is [2H]N(C)[C@]1(C)CCN(Cc2ccn3ncnc(N(C)c4cc(OC)ccc4C)c23)C[C@H]1OC. The molecule has 2 aromatic heterocycles. The average molecular weight is 440 g/mol. The van der Waals surface area contributed by atoms with Crippen LogP contribution in [0.15, 0.2) is 36.8 Å². The van der Waals surface area contributed by atoms with Crippen LogP contribution in [0, 0.1) is 6.92 Å². The summed E-state index contributed by atoms with van der Waals surface area (Å²) in [5.74, 6) is 1.65. The van der Waals surface area contributed by atoms with Crippen molar-refractivity contribution in [3.63, 3.8) is 0 Å². The van der Waals surface area contributed by atoms with Gasteiger partial charge in [-0.2, -0.15) is 5.10 Å². The van der Waals surface area contributed by atoms with Crippen LogP contribution in [0.1, 0.15) is 24.5 Å². The summed E-state index contributed by atoms with van der Waals surface area (Å²) in [6.07, 6.45) is 4.40. The van der Waals surface area contributed by atoms with Gasteiger partial charge in [0.2, 0.25) is 0 Å². The molecule has 0 radical (unpaired) electrons. The highest BCUT2D eigenvalue weighted by Crippen LogP contribution is 2.33. The number of fused-ring (bicyclic) bond motifs is 1. The maximum atomic E-state index is 8.18. The van der Waals surface area contributed by atoms with Crippen LogP contribution in [0.2, 0.25) is 1.41 Å². The molecule has 1 fully saturated rings. The Morgan fingerprint density at radius 1 is 1.34 bits per heavy atom. The number of benzene rings is 1. The van der Waals surface area contributed by atoms with E-state index in [0.717, 1.165) is 60.0 Å². The fraction of sp³-hybridized carbons (Fsp3) is 0.500. The van der Waals surface area contributed by atoms with Gasteiger partial charge in [-0.25, -0.2) is 9.50 Å². The lowest BCUT2D eigenvalue weighted by Gasteiger charge is -2.45. The number of hydrogen-bond donors (Lipinski definition) is 1. The Labute approximate surface area is 191 Å². The molecule has 0 spiro atoms. The molecule has 8 heteroatoms. The second kappa shape index (κ2) is 9.05. The van der Waals surface area contributed by atoms with Gasteiger partial charge >= 0.3 is 0 Å². The van der Waals surface area contributed by atoms with Gasteiger partial charge in [-0.1, -0.05) is 6.07 Å². The second-order valence-corrected chi connectivity index (χ2v) is 8.72. The van der Waals surface area contributed by atoms with Crippen molar-refractivity contribution >= 4 is 17.0 Å². The second-order valence-electron chi connectivity index (χ2n) is 8.72. The lowest BCUT2D eigenvalue weighted by Crippen LogP contribution is -2.60. The van der Waals surface area contributed by atoms with E-state index in [2.05, 4.69) is 45.9 Å². The van der Waals surface area contributed by atoms with E-state index in [0.29, 0.717) is 0 Å². The Morgan fingerprint density at radius 2 is 2.16 bits per heavy atom. The average Bonchev–Trinajstić information content (AvgIpc) is 3.23. The van der Waals surface area contributed by atoms with Crippen molar-refractivity contribution in [2.45, 2.75) is 38.5 Å². The number of anilines is 2. The number of nitrogens with zero attached hydrogens (tertiary/aromatic N) is 5. The number of nitrogens with one attached hydrogen (secondary N) is 1. The molecule has 3 aromatic rings. The number of likely N-dealkylation sites (tertiary alicyclic amines) is 1. The van der Waals surface area contributed by atoms with Crippen molar-refractivity contribution in [1.29, 1.82) is 0 Å². The Bertz CT molecular complexity index is 1120. The number of methoxy groups -OCH3 is 2. The van der Waals surface area contributed by atoms with Gasteiger partial charge < -0.3 is 19.7 Å². The van der Waals surface area contributed by atoms with Gasteiger partial charge in [0.05, 0.1) is 13.2 Å². The first-order valence-electron chi connectivity index (χ1n) is 11.4. The van der Waals surface area contributed by atoms with Crippen LogP contribution in [-0.2, 0) is 11.3 Å². The molecule has 0 bridgehead atoms. The molecule has 8 nitrogen and oxygen atoms in total. The van der Waals surface area contributed by atoms with Crippen molar-refractivity contribution in [1.82, 2.24) is 24.8 Å². The van der Waals surface area contributed by atoms with Crippen molar-refractivity contribution in [3.8, 4) is 5.75 Å². The highest BCUT2D eigenvalue weighted by atomic mass is 16.5. The fourth-order valence-corrected chi connectivity index (χ4v) is 4.60. The van der Waals surface area contributed by atoms with Crippen molar-refractivity contribution in [2.75, 3.05) is 46.3 Å². The fourth-order valence-electron chi connectivity index (χ4n) is 4.60. The first-order chi connectivity index (χ1) is 15.8. The minimum absolute atomic E-state index is 0.0412. The van der Waals surface area contributed by atoms with Gasteiger partial charge in [0.15, 0.2) is 5.82 Å². The summed E-state index contributed by atoms with van der Waals surface area (Å²) < 4.78 is 21.3. The number of aryl methyl sites for hydroxylation is 1. The van der Waals surface area contributed by atoms with Crippen LogP contribution < -0.4 is 14.9 Å². The molecule has 172 valence electrons. The standard InChI is InChI=1S/C24H34N6O2/c1-17-7-8-19(31-5)13-20(17)28(4)23-22-18(9-11-30(22)27-16-26-23)14-29-12-10-24(2,25-3)21(15-29)32-6/h7-9,11,13,16,21,25H,10,12,14-15H2,1-6H3/t21-,24-/m1/s1/i/hD. The lowest BCUT2D eigenvalue weighted by atomic mass is 9.86. The molecule has 32 heavy (non-hydrogen) atoms. The first kappa shape index (κ1) is 21.2. The molecule has 0 aliphatic carbocycles. The van der Waals surface area contributed by atoms with Crippen LogP contribution in [0.5, 0.6) is 5.75 Å². The highest BCUT2D eigenvalue weighted by Gasteiger charge is 2.38. The van der Waals surface area contributed by atoms with Gasteiger partial charge in [0.1, 0.15) is 19.0 Å². The minimum atomic E-state index is -0.299. The van der Waals surface area contributed by atoms with Gasteiger partial charge in [0, 0.05) is 57.3 Å². The molecule has 1 aromatic carbocycles. The van der Waals surface area contributed by atoms with Gasteiger partial charge in [-0.15, -0.1) is 0 Å².